The van der Waals surface area contributed by atoms with Crippen molar-refractivity contribution in [3.63, 3.8) is 0 Å². The molecule has 1 aliphatic heterocycles. The Morgan fingerprint density at radius 1 is 1.26 bits per heavy atom. The first-order chi connectivity index (χ1) is 9.31. The van der Waals surface area contributed by atoms with Gasteiger partial charge in [-0.1, -0.05) is 0 Å². The van der Waals surface area contributed by atoms with Crippen molar-refractivity contribution in [2.24, 2.45) is 5.92 Å². The normalized spacial score (nSPS) is 16.7. The van der Waals surface area contributed by atoms with E-state index in [2.05, 4.69) is 21.4 Å². The van der Waals surface area contributed by atoms with Crippen LogP contribution < -0.4 is 5.32 Å². The smallest absolute Gasteiger partial charge is 0.129 e. The molecule has 3 rings (SSSR count). The number of aryl methyl sites for hydroxylation is 1. The Balaban J connectivity index is 1.81. The van der Waals surface area contributed by atoms with Gasteiger partial charge in [-0.05, 0) is 57.0 Å². The quantitative estimate of drug-likeness (QED) is 0.886. The highest BCUT2D eigenvalue weighted by Gasteiger charge is 2.15. The number of aromatic amines is 1. The molecule has 1 fully saturated rings. The van der Waals surface area contributed by atoms with Crippen LogP contribution in [0.1, 0.15) is 24.4 Å². The maximum atomic E-state index is 4.71. The molecule has 0 spiro atoms. The summed E-state index contributed by atoms with van der Waals surface area (Å²) < 4.78 is 0. The fourth-order valence-corrected chi connectivity index (χ4v) is 2.69. The lowest BCUT2D eigenvalue weighted by Gasteiger charge is -2.22. The average Bonchev–Trinajstić information content (AvgIpc) is 2.93. The van der Waals surface area contributed by atoms with Crippen LogP contribution in [0.5, 0.6) is 0 Å². The van der Waals surface area contributed by atoms with Crippen molar-refractivity contribution in [2.75, 3.05) is 13.1 Å². The number of hydrogen-bond donors (Lipinski definition) is 2. The Bertz CT molecular complexity index is 527. The van der Waals surface area contributed by atoms with E-state index in [0.29, 0.717) is 0 Å². The number of hydrogen-bond acceptors (Lipinski definition) is 3. The van der Waals surface area contributed by atoms with E-state index in [-0.39, 0.29) is 0 Å². The maximum absolute atomic E-state index is 4.71. The van der Waals surface area contributed by atoms with Gasteiger partial charge in [-0.3, -0.25) is 0 Å². The fraction of sp³-hybridized carbons (Fsp3) is 0.467. The van der Waals surface area contributed by atoms with Gasteiger partial charge in [0.15, 0.2) is 0 Å². The third kappa shape index (κ3) is 3.01. The van der Waals surface area contributed by atoms with Crippen LogP contribution in [0.25, 0.3) is 11.4 Å². The Hall–Kier alpha value is -1.68. The molecule has 1 aliphatic rings. The second kappa shape index (κ2) is 5.53. The second-order valence-corrected chi connectivity index (χ2v) is 5.29. The van der Waals surface area contributed by atoms with Gasteiger partial charge in [0.25, 0.3) is 0 Å². The third-order valence-electron chi connectivity index (χ3n) is 3.70. The van der Waals surface area contributed by atoms with Gasteiger partial charge in [-0.2, -0.15) is 0 Å². The van der Waals surface area contributed by atoms with E-state index < -0.39 is 0 Å². The van der Waals surface area contributed by atoms with Gasteiger partial charge < -0.3 is 10.3 Å². The summed E-state index contributed by atoms with van der Waals surface area (Å²) in [5.74, 6) is 1.70. The molecule has 0 radical (unpaired) electrons. The lowest BCUT2D eigenvalue weighted by atomic mass is 9.94. The maximum Gasteiger partial charge on any atom is 0.129 e. The minimum absolute atomic E-state index is 0.722. The molecule has 0 saturated carbocycles. The Kier molecular flexibility index (Phi) is 3.60. The van der Waals surface area contributed by atoms with E-state index >= 15 is 0 Å². The van der Waals surface area contributed by atoms with E-state index in [9.17, 15) is 0 Å². The van der Waals surface area contributed by atoms with Crippen molar-refractivity contribution < 1.29 is 0 Å². The summed E-state index contributed by atoms with van der Waals surface area (Å²) in [4.78, 5) is 12.5. The van der Waals surface area contributed by atoms with Gasteiger partial charge in [-0.15, -0.1) is 0 Å². The number of rotatable bonds is 3. The summed E-state index contributed by atoms with van der Waals surface area (Å²) in [7, 11) is 0. The fourth-order valence-electron chi connectivity index (χ4n) is 2.69. The molecular formula is C15H20N4. The predicted molar refractivity (Wildman–Crippen MR) is 75.9 cm³/mol. The summed E-state index contributed by atoms with van der Waals surface area (Å²) >= 11 is 0. The molecule has 4 nitrogen and oxygen atoms in total. The number of aromatic nitrogens is 3. The van der Waals surface area contributed by atoms with Crippen molar-refractivity contribution in [1.29, 1.82) is 0 Å². The standard InChI is InChI=1S/C15H20N4/c1-11-9-14(13-3-2-6-17-13)19-15(18-11)10-12-4-7-16-8-5-12/h2-3,6,9,12,16-17H,4-5,7-8,10H2,1H3. The van der Waals surface area contributed by atoms with Crippen LogP contribution >= 0.6 is 0 Å². The molecule has 2 N–H and O–H groups in total. The van der Waals surface area contributed by atoms with Gasteiger partial charge in [0.2, 0.25) is 0 Å². The average molecular weight is 256 g/mol. The minimum Gasteiger partial charge on any atom is -0.360 e. The summed E-state index contributed by atoms with van der Waals surface area (Å²) in [6.07, 6.45) is 5.39. The molecule has 100 valence electrons. The summed E-state index contributed by atoms with van der Waals surface area (Å²) in [6, 6.07) is 6.09. The minimum atomic E-state index is 0.722. The van der Waals surface area contributed by atoms with Crippen LogP contribution in [0.2, 0.25) is 0 Å². The first-order valence-corrected chi connectivity index (χ1v) is 7.00. The summed E-state index contributed by atoms with van der Waals surface area (Å²) in [5.41, 5.74) is 3.11. The van der Waals surface area contributed by atoms with Crippen LogP contribution in [-0.2, 0) is 6.42 Å². The highest BCUT2D eigenvalue weighted by atomic mass is 14.9. The molecule has 1 saturated heterocycles. The van der Waals surface area contributed by atoms with Crippen molar-refractivity contribution >= 4 is 0 Å². The van der Waals surface area contributed by atoms with Crippen LogP contribution in [-0.4, -0.2) is 28.0 Å². The van der Waals surface area contributed by atoms with Crippen LogP contribution in [0.3, 0.4) is 0 Å². The van der Waals surface area contributed by atoms with E-state index in [4.69, 9.17) is 4.98 Å². The number of piperidine rings is 1. The zero-order valence-electron chi connectivity index (χ0n) is 11.3. The van der Waals surface area contributed by atoms with E-state index in [1.54, 1.807) is 0 Å². The van der Waals surface area contributed by atoms with E-state index in [0.717, 1.165) is 48.3 Å². The van der Waals surface area contributed by atoms with Crippen molar-refractivity contribution in [3.05, 3.63) is 35.9 Å². The van der Waals surface area contributed by atoms with Gasteiger partial charge in [0, 0.05) is 18.3 Å². The molecule has 0 aliphatic carbocycles. The monoisotopic (exact) mass is 256 g/mol. The van der Waals surface area contributed by atoms with Crippen LogP contribution in [0.4, 0.5) is 0 Å². The summed E-state index contributed by atoms with van der Waals surface area (Å²) in [6.45, 7) is 4.29. The molecule has 2 aromatic rings. The molecule has 0 unspecified atom stereocenters. The van der Waals surface area contributed by atoms with E-state index in [1.807, 2.05) is 25.3 Å². The largest absolute Gasteiger partial charge is 0.360 e. The molecule has 0 aromatic carbocycles. The highest BCUT2D eigenvalue weighted by molar-refractivity contribution is 5.54. The number of nitrogens with one attached hydrogen (secondary N) is 2. The molecule has 4 heteroatoms. The Labute approximate surface area is 113 Å². The SMILES string of the molecule is Cc1cc(-c2ccc[nH]2)nc(CC2CCNCC2)n1. The van der Waals surface area contributed by atoms with Crippen molar-refractivity contribution in [2.45, 2.75) is 26.2 Å². The number of H-pyrrole nitrogens is 1. The van der Waals surface area contributed by atoms with Crippen LogP contribution in [0.15, 0.2) is 24.4 Å². The molecule has 2 aromatic heterocycles. The second-order valence-electron chi connectivity index (χ2n) is 5.29. The topological polar surface area (TPSA) is 53.6 Å². The van der Waals surface area contributed by atoms with Crippen molar-refractivity contribution in [1.82, 2.24) is 20.3 Å². The van der Waals surface area contributed by atoms with E-state index in [1.165, 1.54) is 12.8 Å². The van der Waals surface area contributed by atoms with Gasteiger partial charge in [0.1, 0.15) is 5.82 Å². The molecular weight excluding hydrogens is 236 g/mol. The van der Waals surface area contributed by atoms with Gasteiger partial charge >= 0.3 is 0 Å². The molecule has 19 heavy (non-hydrogen) atoms. The van der Waals surface area contributed by atoms with Gasteiger partial charge in [0.05, 0.1) is 11.4 Å². The molecule has 0 bridgehead atoms. The van der Waals surface area contributed by atoms with Crippen molar-refractivity contribution in [3.8, 4) is 11.4 Å². The first-order valence-electron chi connectivity index (χ1n) is 7.00. The molecule has 0 atom stereocenters. The summed E-state index contributed by atoms with van der Waals surface area (Å²) in [5, 5.41) is 3.40. The first kappa shape index (κ1) is 12.4. The predicted octanol–water partition coefficient (Wildman–Crippen LogP) is 2.32. The Morgan fingerprint density at radius 2 is 2.11 bits per heavy atom. The lowest BCUT2D eigenvalue weighted by molar-refractivity contribution is 0.367. The van der Waals surface area contributed by atoms with Crippen LogP contribution in [0, 0.1) is 12.8 Å². The Morgan fingerprint density at radius 3 is 2.84 bits per heavy atom. The number of nitrogens with zero attached hydrogens (tertiary/aromatic N) is 2. The zero-order valence-corrected chi connectivity index (χ0v) is 11.3. The molecule has 0 amide bonds. The third-order valence-corrected chi connectivity index (χ3v) is 3.70. The van der Waals surface area contributed by atoms with Gasteiger partial charge in [-0.25, -0.2) is 9.97 Å². The highest BCUT2D eigenvalue weighted by Crippen LogP contribution is 2.19. The lowest BCUT2D eigenvalue weighted by Crippen LogP contribution is -2.29. The zero-order chi connectivity index (χ0) is 13.1. The molecule has 3 heterocycles.